The van der Waals surface area contributed by atoms with Gasteiger partial charge in [0.2, 0.25) is 11.8 Å². The minimum atomic E-state index is -2.70. The molecule has 516 valence electrons. The standard InChI is InChI=1S/C73H84N8O16Si/c1-13-29-92-70(87)77-63(43(3)4)65(83)75-44(5)64(82)76-51-25-23-45(24-26-51)40-96-71(88)80-55-36-61(59(90-9)34-53(55)66(84)78-38-49-21-17-15-19-47(49)32-57(78)68(80)86)94-41-46-27-28-74-52(31-46)42-95-62-37-56-54(35-60(62)91-10)67(85)79-39-50-22-18-16-20-48(50)33-58(79)69(81(56)72(89)93-30-14-2)97-98(11,12)73(6,7)8/h13-28,31,34-37,43-44,57-58,63,68-69,86H,1-2,29-30,32-33,38-42H2,3-12H3,(H,75,83)(H,76,82)(H,77,87)/t44-,57-,58-,63-,68?,69?/m0/s1. The highest BCUT2D eigenvalue weighted by Crippen LogP contribution is 2.47. The minimum Gasteiger partial charge on any atom is -0.493 e. The normalized spacial score (nSPS) is 17.7. The van der Waals surface area contributed by atoms with Gasteiger partial charge in [-0.25, -0.2) is 24.2 Å². The topological polar surface area (TPSA) is 275 Å². The third kappa shape index (κ3) is 15.3. The van der Waals surface area contributed by atoms with E-state index in [2.05, 4.69) is 68.0 Å². The summed E-state index contributed by atoms with van der Waals surface area (Å²) in [6.07, 6.45) is -0.0427. The highest BCUT2D eigenvalue weighted by molar-refractivity contribution is 6.74. The lowest BCUT2D eigenvalue weighted by molar-refractivity contribution is -0.128. The van der Waals surface area contributed by atoms with E-state index < -0.39 is 80.9 Å². The molecule has 0 radical (unpaired) electrons. The number of rotatable bonds is 22. The summed E-state index contributed by atoms with van der Waals surface area (Å²) in [6, 6.07) is 28.1. The monoisotopic (exact) mass is 1360 g/mol. The number of nitrogens with zero attached hydrogens (tertiary/aromatic N) is 5. The molecule has 0 saturated heterocycles. The van der Waals surface area contributed by atoms with E-state index in [-0.39, 0.29) is 115 Å². The molecule has 0 bridgehead atoms. The summed E-state index contributed by atoms with van der Waals surface area (Å²) >= 11 is 0. The molecule has 98 heavy (non-hydrogen) atoms. The van der Waals surface area contributed by atoms with E-state index >= 15 is 4.79 Å². The second kappa shape index (κ2) is 30.0. The van der Waals surface area contributed by atoms with Crippen LogP contribution in [0.15, 0.2) is 141 Å². The van der Waals surface area contributed by atoms with Crippen LogP contribution in [-0.4, -0.2) is 134 Å². The summed E-state index contributed by atoms with van der Waals surface area (Å²) in [6.45, 7) is 22.6. The number of benzene rings is 5. The van der Waals surface area contributed by atoms with Crippen LogP contribution < -0.4 is 44.7 Å². The molecule has 0 saturated carbocycles. The maximum Gasteiger partial charge on any atom is 0.416 e. The zero-order valence-corrected chi connectivity index (χ0v) is 57.8. The Balaban J connectivity index is 0.881. The van der Waals surface area contributed by atoms with Gasteiger partial charge in [0.1, 0.15) is 45.1 Å². The van der Waals surface area contributed by atoms with Crippen molar-refractivity contribution in [3.05, 3.63) is 191 Å². The molecule has 0 aliphatic carbocycles. The molecule has 10 rings (SSSR count). The van der Waals surface area contributed by atoms with E-state index in [0.717, 1.165) is 27.2 Å². The van der Waals surface area contributed by atoms with E-state index in [1.807, 2.05) is 48.5 Å². The number of amides is 7. The van der Waals surface area contributed by atoms with Gasteiger partial charge in [-0.1, -0.05) is 121 Å². The number of carbonyl (C=O) groups excluding carboxylic acids is 7. The largest absolute Gasteiger partial charge is 0.493 e. The van der Waals surface area contributed by atoms with Crippen molar-refractivity contribution in [2.45, 2.75) is 142 Å². The van der Waals surface area contributed by atoms with Gasteiger partial charge in [-0.15, -0.1) is 0 Å². The van der Waals surface area contributed by atoms with Gasteiger partial charge in [-0.05, 0) is 114 Å². The summed E-state index contributed by atoms with van der Waals surface area (Å²) in [4.78, 5) is 108. The molecular formula is C73H84N8O16Si. The van der Waals surface area contributed by atoms with E-state index in [9.17, 15) is 33.9 Å². The van der Waals surface area contributed by atoms with Crippen molar-refractivity contribution in [3.8, 4) is 23.0 Å². The lowest BCUT2D eigenvalue weighted by Gasteiger charge is -2.47. The number of hydrogen-bond acceptors (Lipinski definition) is 17. The summed E-state index contributed by atoms with van der Waals surface area (Å²) in [5, 5.41) is 20.1. The number of ether oxygens (including phenoxy) is 7. The number of aromatic nitrogens is 1. The maximum absolute atomic E-state index is 15.1. The number of aliphatic hydroxyl groups is 1. The molecule has 5 heterocycles. The van der Waals surface area contributed by atoms with Crippen molar-refractivity contribution in [2.75, 3.05) is 42.5 Å². The first-order chi connectivity index (χ1) is 46.8. The Kier molecular flexibility index (Phi) is 21.6. The summed E-state index contributed by atoms with van der Waals surface area (Å²) in [5.74, 6) is -1.57. The van der Waals surface area contributed by atoms with Gasteiger partial charge in [0.25, 0.3) is 11.8 Å². The number of alkyl carbamates (subject to hydrolysis) is 1. The van der Waals surface area contributed by atoms with Crippen LogP contribution in [-0.2, 0) is 74.0 Å². The van der Waals surface area contributed by atoms with Crippen molar-refractivity contribution >= 4 is 67.3 Å². The summed E-state index contributed by atoms with van der Waals surface area (Å²) in [7, 11) is 0.180. The van der Waals surface area contributed by atoms with E-state index in [4.69, 9.17) is 37.6 Å². The van der Waals surface area contributed by atoms with Crippen molar-refractivity contribution < 1.29 is 76.3 Å². The molecule has 4 N–H and O–H groups in total. The first-order valence-electron chi connectivity index (χ1n) is 32.4. The molecule has 6 atom stereocenters. The number of anilines is 3. The summed E-state index contributed by atoms with van der Waals surface area (Å²) in [5.41, 5.74) is 6.19. The van der Waals surface area contributed by atoms with Crippen LogP contribution in [0.4, 0.5) is 31.4 Å². The van der Waals surface area contributed by atoms with Crippen LogP contribution in [0.1, 0.15) is 101 Å². The number of aliphatic hydroxyl groups excluding tert-OH is 1. The minimum absolute atomic E-state index is 0.00387. The average Bonchev–Trinajstić information content (AvgIpc) is 1.58. The van der Waals surface area contributed by atoms with Crippen LogP contribution in [0, 0.1) is 5.92 Å². The van der Waals surface area contributed by atoms with Gasteiger partial charge in [-0.2, -0.15) is 0 Å². The zero-order valence-electron chi connectivity index (χ0n) is 56.8. The number of hydrogen-bond donors (Lipinski definition) is 4. The third-order valence-corrected chi connectivity index (χ3v) is 22.8. The molecule has 1 aromatic heterocycles. The van der Waals surface area contributed by atoms with Crippen molar-refractivity contribution in [1.82, 2.24) is 25.4 Å². The molecule has 6 aromatic rings. The SMILES string of the molecule is C=CCOC(=O)N[C@H](C(=O)N[C@@H](C)C(=O)Nc1ccc(COC(=O)N2c3cc(OCc4ccnc(COc5cc6c(cc5OC)C(=O)N5Cc7ccccc7C[C@H]5C(O[Si](C)(C)C(C)(C)C)N6C(=O)OCC=C)c4)c(OC)cc3C(=O)N3Cc4ccccc4C[C@H]3C2O)cc1)C(C)C. The molecule has 4 aliphatic heterocycles. The molecule has 24 nitrogen and oxygen atoms in total. The lowest BCUT2D eigenvalue weighted by atomic mass is 9.93. The van der Waals surface area contributed by atoms with Gasteiger partial charge in [0.05, 0.1) is 54.5 Å². The van der Waals surface area contributed by atoms with Gasteiger partial charge in [-0.3, -0.25) is 24.2 Å². The van der Waals surface area contributed by atoms with Crippen molar-refractivity contribution in [3.63, 3.8) is 0 Å². The number of fused-ring (bicyclic) bond motifs is 6. The highest BCUT2D eigenvalue weighted by atomic mass is 28.4. The summed E-state index contributed by atoms with van der Waals surface area (Å²) < 4.78 is 48.8. The number of methoxy groups -OCH3 is 2. The fraction of sp³-hybridized carbons (Fsp3) is 0.370. The van der Waals surface area contributed by atoms with Gasteiger partial charge in [0.15, 0.2) is 43.8 Å². The van der Waals surface area contributed by atoms with Gasteiger partial charge in [0, 0.05) is 37.1 Å². The van der Waals surface area contributed by atoms with Crippen LogP contribution in [0.2, 0.25) is 18.1 Å². The molecule has 7 amide bonds. The van der Waals surface area contributed by atoms with Crippen LogP contribution in [0.5, 0.6) is 23.0 Å². The predicted octanol–water partition coefficient (Wildman–Crippen LogP) is 10.7. The Bertz CT molecular complexity index is 4030. The Morgan fingerprint density at radius 2 is 1.18 bits per heavy atom. The second-order valence-corrected chi connectivity index (χ2v) is 31.0. The molecular weight excluding hydrogens is 1270 g/mol. The number of pyridine rings is 1. The van der Waals surface area contributed by atoms with Gasteiger partial charge >= 0.3 is 18.3 Å². The smallest absolute Gasteiger partial charge is 0.416 e. The average molecular weight is 1360 g/mol. The first kappa shape index (κ1) is 70.6. The number of carbonyl (C=O) groups is 7. The van der Waals surface area contributed by atoms with Crippen molar-refractivity contribution in [1.29, 1.82) is 0 Å². The fourth-order valence-corrected chi connectivity index (χ4v) is 13.2. The van der Waals surface area contributed by atoms with Crippen LogP contribution >= 0.6 is 0 Å². The third-order valence-electron chi connectivity index (χ3n) is 18.3. The molecule has 5 aromatic carbocycles. The van der Waals surface area contributed by atoms with Crippen molar-refractivity contribution in [2.24, 2.45) is 5.92 Å². The van der Waals surface area contributed by atoms with Crippen LogP contribution in [0.3, 0.4) is 0 Å². The quantitative estimate of drug-likeness (QED) is 0.0279. The second-order valence-electron chi connectivity index (χ2n) is 26.2. The highest BCUT2D eigenvalue weighted by Gasteiger charge is 2.51. The Labute approximate surface area is 570 Å². The molecule has 0 spiro atoms. The Hall–Kier alpha value is -10.2. The zero-order chi connectivity index (χ0) is 70.3. The van der Waals surface area contributed by atoms with E-state index in [0.29, 0.717) is 28.9 Å². The molecule has 4 aliphatic rings. The first-order valence-corrected chi connectivity index (χ1v) is 35.3. The van der Waals surface area contributed by atoms with Gasteiger partial charge < -0.3 is 68.4 Å². The maximum atomic E-state index is 15.1. The fourth-order valence-electron chi connectivity index (χ4n) is 12.0. The Morgan fingerprint density at radius 3 is 1.76 bits per heavy atom. The number of nitrogens with one attached hydrogen (secondary N) is 3. The van der Waals surface area contributed by atoms with E-state index in [1.54, 1.807) is 78.4 Å². The van der Waals surface area contributed by atoms with Crippen LogP contribution in [0.25, 0.3) is 0 Å². The molecule has 2 unspecified atom stereocenters. The van der Waals surface area contributed by atoms with E-state index in [1.165, 1.54) is 50.3 Å². The Morgan fingerprint density at radius 1 is 0.643 bits per heavy atom. The predicted molar refractivity (Wildman–Crippen MR) is 367 cm³/mol. The lowest BCUT2D eigenvalue weighted by Crippen LogP contribution is -2.60. The molecule has 0 fully saturated rings. The molecule has 25 heteroatoms.